The van der Waals surface area contributed by atoms with Gasteiger partial charge in [0.1, 0.15) is 0 Å². The predicted molar refractivity (Wildman–Crippen MR) is 41.8 cm³/mol. The van der Waals surface area contributed by atoms with Gasteiger partial charge in [-0.1, -0.05) is 20.8 Å². The lowest BCUT2D eigenvalue weighted by atomic mass is 9.77. The molecule has 0 amide bonds. The molecule has 60 valence electrons. The smallest absolute Gasteiger partial charge is 0.0640 e. The molecule has 0 radical (unpaired) electrons. The zero-order valence-corrected chi connectivity index (χ0v) is 7.02. The third-order valence-corrected chi connectivity index (χ3v) is 2.39. The van der Waals surface area contributed by atoms with Gasteiger partial charge in [0.2, 0.25) is 0 Å². The summed E-state index contributed by atoms with van der Waals surface area (Å²) in [5.41, 5.74) is 0.0532. The lowest BCUT2D eigenvalue weighted by Crippen LogP contribution is -2.51. The van der Waals surface area contributed by atoms with Crippen LogP contribution >= 0.6 is 0 Å². The Morgan fingerprint density at radius 3 is 2.50 bits per heavy atom. The maximum absolute atomic E-state index is 9.67. The van der Waals surface area contributed by atoms with Gasteiger partial charge in [-0.15, -0.1) is 0 Å². The van der Waals surface area contributed by atoms with Crippen molar-refractivity contribution in [3.8, 4) is 0 Å². The Balaban J connectivity index is 2.60. The Bertz CT molecular complexity index is 122. The van der Waals surface area contributed by atoms with Crippen molar-refractivity contribution in [2.45, 2.75) is 26.9 Å². The van der Waals surface area contributed by atoms with Crippen LogP contribution in [0.5, 0.6) is 0 Å². The molecule has 0 aromatic heterocycles. The second-order valence-electron chi connectivity index (χ2n) is 4.04. The molecule has 2 unspecified atom stereocenters. The zero-order chi connectivity index (χ0) is 7.78. The highest BCUT2D eigenvalue weighted by molar-refractivity contribution is 4.88. The molecule has 2 heteroatoms. The van der Waals surface area contributed by atoms with Crippen LogP contribution < -0.4 is 5.32 Å². The van der Waals surface area contributed by atoms with Gasteiger partial charge in [0.25, 0.3) is 0 Å². The van der Waals surface area contributed by atoms with Gasteiger partial charge in [0.05, 0.1) is 6.10 Å². The van der Waals surface area contributed by atoms with Gasteiger partial charge >= 0.3 is 0 Å². The molecule has 0 aromatic rings. The molecule has 2 nitrogen and oxygen atoms in total. The molecule has 2 N–H and O–H groups in total. The fraction of sp³-hybridized carbons (Fsp3) is 1.00. The van der Waals surface area contributed by atoms with E-state index >= 15 is 0 Å². The minimum absolute atomic E-state index is 0.0532. The molecule has 1 saturated heterocycles. The van der Waals surface area contributed by atoms with E-state index in [2.05, 4.69) is 26.1 Å². The maximum Gasteiger partial charge on any atom is 0.0640 e. The van der Waals surface area contributed by atoms with Crippen LogP contribution in [0.4, 0.5) is 0 Å². The van der Waals surface area contributed by atoms with E-state index in [0.29, 0.717) is 5.92 Å². The Labute approximate surface area is 62.6 Å². The van der Waals surface area contributed by atoms with E-state index in [4.69, 9.17) is 0 Å². The molecular formula is C8H17NO. The quantitative estimate of drug-likeness (QED) is 0.521. The summed E-state index contributed by atoms with van der Waals surface area (Å²) in [6.45, 7) is 8.16. The van der Waals surface area contributed by atoms with E-state index in [-0.39, 0.29) is 11.5 Å². The van der Waals surface area contributed by atoms with Gasteiger partial charge in [0, 0.05) is 18.5 Å². The predicted octanol–water partition coefficient (Wildman–Crippen LogP) is 0.613. The first-order valence-corrected chi connectivity index (χ1v) is 3.93. The standard InChI is InChI=1S/C8H17NO/c1-6-4-9-5-8(2,3)7(6)10/h6-7,9-10H,4-5H2,1-3H3. The Morgan fingerprint density at radius 1 is 1.50 bits per heavy atom. The number of hydrogen-bond donors (Lipinski definition) is 2. The summed E-state index contributed by atoms with van der Waals surface area (Å²) in [5, 5.41) is 13.0. The van der Waals surface area contributed by atoms with Crippen molar-refractivity contribution >= 4 is 0 Å². The second kappa shape index (κ2) is 2.51. The summed E-state index contributed by atoms with van der Waals surface area (Å²) in [6.07, 6.45) is -0.145. The summed E-state index contributed by atoms with van der Waals surface area (Å²) >= 11 is 0. The summed E-state index contributed by atoms with van der Waals surface area (Å²) in [4.78, 5) is 0. The van der Waals surface area contributed by atoms with Crippen molar-refractivity contribution in [3.05, 3.63) is 0 Å². The molecule has 1 fully saturated rings. The lowest BCUT2D eigenvalue weighted by molar-refractivity contribution is -0.0141. The molecule has 0 spiro atoms. The van der Waals surface area contributed by atoms with Crippen molar-refractivity contribution in [2.75, 3.05) is 13.1 Å². The molecule has 10 heavy (non-hydrogen) atoms. The van der Waals surface area contributed by atoms with Crippen molar-refractivity contribution in [1.82, 2.24) is 5.32 Å². The monoisotopic (exact) mass is 143 g/mol. The van der Waals surface area contributed by atoms with E-state index in [1.165, 1.54) is 0 Å². The van der Waals surface area contributed by atoms with Crippen molar-refractivity contribution in [2.24, 2.45) is 11.3 Å². The van der Waals surface area contributed by atoms with Crippen LogP contribution in [-0.2, 0) is 0 Å². The summed E-state index contributed by atoms with van der Waals surface area (Å²) in [7, 11) is 0. The van der Waals surface area contributed by atoms with Crippen LogP contribution in [0, 0.1) is 11.3 Å². The van der Waals surface area contributed by atoms with Crippen LogP contribution in [0.25, 0.3) is 0 Å². The van der Waals surface area contributed by atoms with Crippen molar-refractivity contribution in [1.29, 1.82) is 0 Å². The second-order valence-corrected chi connectivity index (χ2v) is 4.04. The van der Waals surface area contributed by atoms with E-state index in [1.54, 1.807) is 0 Å². The number of aliphatic hydroxyl groups is 1. The van der Waals surface area contributed by atoms with Crippen LogP contribution in [0.2, 0.25) is 0 Å². The Hall–Kier alpha value is -0.0800. The molecule has 1 aliphatic heterocycles. The number of aliphatic hydroxyl groups excluding tert-OH is 1. The maximum atomic E-state index is 9.67. The molecule has 0 bridgehead atoms. The highest BCUT2D eigenvalue weighted by atomic mass is 16.3. The molecule has 0 aromatic carbocycles. The van der Waals surface area contributed by atoms with Gasteiger partial charge < -0.3 is 10.4 Å². The highest BCUT2D eigenvalue weighted by Gasteiger charge is 2.34. The summed E-state index contributed by atoms with van der Waals surface area (Å²) in [5.74, 6) is 0.392. The molecule has 2 atom stereocenters. The first-order valence-electron chi connectivity index (χ1n) is 3.93. The average molecular weight is 143 g/mol. The minimum Gasteiger partial charge on any atom is -0.392 e. The molecule has 1 aliphatic rings. The van der Waals surface area contributed by atoms with E-state index in [9.17, 15) is 5.11 Å². The fourth-order valence-electron chi connectivity index (χ4n) is 1.61. The van der Waals surface area contributed by atoms with Crippen LogP contribution in [0.3, 0.4) is 0 Å². The third-order valence-electron chi connectivity index (χ3n) is 2.39. The normalized spacial score (nSPS) is 39.6. The molecule has 0 saturated carbocycles. The number of piperidine rings is 1. The molecular weight excluding hydrogens is 126 g/mol. The SMILES string of the molecule is CC1CNCC(C)(C)C1O. The van der Waals surface area contributed by atoms with Crippen molar-refractivity contribution < 1.29 is 5.11 Å². The zero-order valence-electron chi connectivity index (χ0n) is 7.02. The largest absolute Gasteiger partial charge is 0.392 e. The first kappa shape index (κ1) is 8.02. The number of rotatable bonds is 0. The Kier molecular flexibility index (Phi) is 2.02. The number of hydrogen-bond acceptors (Lipinski definition) is 2. The van der Waals surface area contributed by atoms with Gasteiger partial charge in [0.15, 0.2) is 0 Å². The topological polar surface area (TPSA) is 32.3 Å². The summed E-state index contributed by atoms with van der Waals surface area (Å²) in [6, 6.07) is 0. The van der Waals surface area contributed by atoms with Gasteiger partial charge in [-0.2, -0.15) is 0 Å². The van der Waals surface area contributed by atoms with Crippen molar-refractivity contribution in [3.63, 3.8) is 0 Å². The van der Waals surface area contributed by atoms with E-state index in [1.807, 2.05) is 0 Å². The third kappa shape index (κ3) is 1.32. The van der Waals surface area contributed by atoms with Gasteiger partial charge in [-0.25, -0.2) is 0 Å². The minimum atomic E-state index is -0.145. The highest BCUT2D eigenvalue weighted by Crippen LogP contribution is 2.27. The van der Waals surface area contributed by atoms with Gasteiger partial charge in [-0.3, -0.25) is 0 Å². The van der Waals surface area contributed by atoms with E-state index in [0.717, 1.165) is 13.1 Å². The van der Waals surface area contributed by atoms with Crippen LogP contribution in [0.15, 0.2) is 0 Å². The first-order chi connectivity index (χ1) is 4.54. The van der Waals surface area contributed by atoms with Gasteiger partial charge in [-0.05, 0) is 5.92 Å². The average Bonchev–Trinajstić information content (AvgIpc) is 1.83. The van der Waals surface area contributed by atoms with Crippen LogP contribution in [-0.4, -0.2) is 24.3 Å². The van der Waals surface area contributed by atoms with E-state index < -0.39 is 0 Å². The summed E-state index contributed by atoms with van der Waals surface area (Å²) < 4.78 is 0. The molecule has 1 rings (SSSR count). The lowest BCUT2D eigenvalue weighted by Gasteiger charge is -2.39. The number of nitrogens with one attached hydrogen (secondary N) is 1. The fourth-order valence-corrected chi connectivity index (χ4v) is 1.61. The Morgan fingerprint density at radius 2 is 2.10 bits per heavy atom. The van der Waals surface area contributed by atoms with Crippen LogP contribution in [0.1, 0.15) is 20.8 Å². The molecule has 1 heterocycles. The molecule has 0 aliphatic carbocycles.